The molecule has 4 nitrogen and oxygen atoms in total. The monoisotopic (exact) mass is 348 g/mol. The maximum Gasteiger partial charge on any atom is 0.130 e. The van der Waals surface area contributed by atoms with Crippen LogP contribution in [0.2, 0.25) is 5.15 Å². The predicted octanol–water partition coefficient (Wildman–Crippen LogP) is 2.95. The number of nitrogens with two attached hydrogens (primary N) is 1. The molecule has 0 aliphatic carbocycles. The van der Waals surface area contributed by atoms with E-state index < -0.39 is 0 Å². The minimum atomic E-state index is 0.0276. The summed E-state index contributed by atoms with van der Waals surface area (Å²) in [6.07, 6.45) is 0.716. The van der Waals surface area contributed by atoms with Crippen LogP contribution in [0.15, 0.2) is 15.9 Å². The van der Waals surface area contributed by atoms with Crippen molar-refractivity contribution in [2.45, 2.75) is 19.4 Å². The fourth-order valence-corrected chi connectivity index (χ4v) is 3.85. The fraction of sp³-hybridized carbons (Fsp3) is 0.364. The molecule has 2 aromatic heterocycles. The SMILES string of the molecule is Cc1nn(C)c(Cl)c1CC(NN)c1sccc1Br. The third-order valence-corrected chi connectivity index (χ3v) is 5.30. The van der Waals surface area contributed by atoms with E-state index >= 15 is 0 Å². The van der Waals surface area contributed by atoms with Crippen molar-refractivity contribution in [2.75, 3.05) is 0 Å². The molecule has 0 saturated heterocycles. The van der Waals surface area contributed by atoms with Crippen LogP contribution in [0.3, 0.4) is 0 Å². The summed E-state index contributed by atoms with van der Waals surface area (Å²) in [7, 11) is 1.84. The molecule has 3 N–H and O–H groups in total. The molecule has 0 aromatic carbocycles. The minimum absolute atomic E-state index is 0.0276. The number of aromatic nitrogens is 2. The fourth-order valence-electron chi connectivity index (χ4n) is 1.89. The number of halogens is 2. The molecule has 7 heteroatoms. The van der Waals surface area contributed by atoms with Gasteiger partial charge < -0.3 is 0 Å². The van der Waals surface area contributed by atoms with Crippen LogP contribution in [-0.4, -0.2) is 9.78 Å². The van der Waals surface area contributed by atoms with Crippen molar-refractivity contribution < 1.29 is 0 Å². The zero-order valence-corrected chi connectivity index (χ0v) is 13.2. The molecule has 2 aromatic rings. The molecular formula is C11H14BrClN4S. The molecule has 18 heavy (non-hydrogen) atoms. The van der Waals surface area contributed by atoms with E-state index in [1.807, 2.05) is 25.4 Å². The van der Waals surface area contributed by atoms with Crippen LogP contribution < -0.4 is 11.3 Å². The zero-order chi connectivity index (χ0) is 13.3. The zero-order valence-electron chi connectivity index (χ0n) is 10.1. The van der Waals surface area contributed by atoms with Gasteiger partial charge in [-0.2, -0.15) is 5.10 Å². The standard InChI is InChI=1S/C11H14BrClN4S/c1-6-7(11(13)17(2)16-6)5-9(15-14)10-8(12)3-4-18-10/h3-4,9,15H,5,14H2,1-2H3. The van der Waals surface area contributed by atoms with Gasteiger partial charge in [-0.15, -0.1) is 11.3 Å². The van der Waals surface area contributed by atoms with Crippen LogP contribution >= 0.6 is 38.9 Å². The molecule has 0 bridgehead atoms. The number of rotatable bonds is 4. The Balaban J connectivity index is 2.29. The number of hydrogen-bond donors (Lipinski definition) is 2. The maximum atomic E-state index is 6.24. The Hall–Kier alpha value is -0.400. The van der Waals surface area contributed by atoms with E-state index in [2.05, 4.69) is 26.5 Å². The van der Waals surface area contributed by atoms with E-state index in [1.165, 1.54) is 0 Å². The Morgan fingerprint density at radius 2 is 2.39 bits per heavy atom. The van der Waals surface area contributed by atoms with Crippen molar-refractivity contribution in [2.24, 2.45) is 12.9 Å². The highest BCUT2D eigenvalue weighted by atomic mass is 79.9. The normalized spacial score (nSPS) is 12.9. The van der Waals surface area contributed by atoms with Crippen LogP contribution in [-0.2, 0) is 13.5 Å². The summed E-state index contributed by atoms with van der Waals surface area (Å²) in [5.41, 5.74) is 4.81. The minimum Gasteiger partial charge on any atom is -0.271 e. The largest absolute Gasteiger partial charge is 0.271 e. The highest BCUT2D eigenvalue weighted by Gasteiger charge is 2.20. The van der Waals surface area contributed by atoms with Gasteiger partial charge in [0.05, 0.1) is 11.7 Å². The van der Waals surface area contributed by atoms with Gasteiger partial charge >= 0.3 is 0 Å². The van der Waals surface area contributed by atoms with Crippen molar-refractivity contribution in [3.8, 4) is 0 Å². The smallest absolute Gasteiger partial charge is 0.130 e. The van der Waals surface area contributed by atoms with Crippen molar-refractivity contribution in [1.29, 1.82) is 0 Å². The Morgan fingerprint density at radius 1 is 1.67 bits per heavy atom. The van der Waals surface area contributed by atoms with E-state index in [1.54, 1.807) is 16.0 Å². The van der Waals surface area contributed by atoms with E-state index in [-0.39, 0.29) is 6.04 Å². The maximum absolute atomic E-state index is 6.24. The summed E-state index contributed by atoms with van der Waals surface area (Å²) in [4.78, 5) is 1.16. The third kappa shape index (κ3) is 2.62. The Bertz CT molecular complexity index is 551. The molecule has 0 aliphatic rings. The summed E-state index contributed by atoms with van der Waals surface area (Å²) in [5.74, 6) is 5.65. The average Bonchev–Trinajstić information content (AvgIpc) is 2.84. The summed E-state index contributed by atoms with van der Waals surface area (Å²) in [6, 6.07) is 2.04. The van der Waals surface area contributed by atoms with Crippen LogP contribution in [0.1, 0.15) is 22.2 Å². The van der Waals surface area contributed by atoms with Crippen molar-refractivity contribution in [1.82, 2.24) is 15.2 Å². The summed E-state index contributed by atoms with van der Waals surface area (Å²) in [6.45, 7) is 1.96. The van der Waals surface area contributed by atoms with E-state index in [0.29, 0.717) is 11.6 Å². The van der Waals surface area contributed by atoms with Gasteiger partial charge in [-0.25, -0.2) is 0 Å². The second-order valence-electron chi connectivity index (χ2n) is 4.03. The van der Waals surface area contributed by atoms with Gasteiger partial charge in [0.2, 0.25) is 0 Å². The molecule has 0 fully saturated rings. The van der Waals surface area contributed by atoms with Crippen LogP contribution in [0.5, 0.6) is 0 Å². The van der Waals surface area contributed by atoms with E-state index in [0.717, 1.165) is 20.6 Å². The molecule has 0 aliphatic heterocycles. The van der Waals surface area contributed by atoms with Crippen LogP contribution in [0.25, 0.3) is 0 Å². The second kappa shape index (κ2) is 5.71. The molecule has 0 saturated carbocycles. The van der Waals surface area contributed by atoms with Crippen molar-refractivity contribution >= 4 is 38.9 Å². The lowest BCUT2D eigenvalue weighted by molar-refractivity contribution is 0.558. The molecule has 2 rings (SSSR count). The summed E-state index contributed by atoms with van der Waals surface area (Å²) >= 11 is 11.4. The van der Waals surface area contributed by atoms with Crippen LogP contribution in [0.4, 0.5) is 0 Å². The first-order valence-corrected chi connectivity index (χ1v) is 7.46. The number of nitrogens with one attached hydrogen (secondary N) is 1. The lowest BCUT2D eigenvalue weighted by atomic mass is 10.1. The van der Waals surface area contributed by atoms with E-state index in [4.69, 9.17) is 17.4 Å². The number of aryl methyl sites for hydroxylation is 2. The first kappa shape index (κ1) is 14.0. The number of hydrazine groups is 1. The van der Waals surface area contributed by atoms with Gasteiger partial charge in [0, 0.05) is 22.0 Å². The lowest BCUT2D eigenvalue weighted by Gasteiger charge is -2.15. The van der Waals surface area contributed by atoms with Gasteiger partial charge in [0.1, 0.15) is 5.15 Å². The van der Waals surface area contributed by atoms with Crippen molar-refractivity contribution in [3.63, 3.8) is 0 Å². The number of thiophene rings is 1. The molecular weight excluding hydrogens is 336 g/mol. The summed E-state index contributed by atoms with van der Waals surface area (Å²) < 4.78 is 2.75. The molecule has 1 unspecified atom stereocenters. The number of nitrogens with zero attached hydrogens (tertiary/aromatic N) is 2. The second-order valence-corrected chi connectivity index (χ2v) is 6.19. The van der Waals surface area contributed by atoms with Gasteiger partial charge in [-0.05, 0) is 40.7 Å². The van der Waals surface area contributed by atoms with Gasteiger partial charge in [-0.1, -0.05) is 11.6 Å². The van der Waals surface area contributed by atoms with Gasteiger partial charge in [-0.3, -0.25) is 16.0 Å². The Labute approximate surface area is 123 Å². The first-order chi connectivity index (χ1) is 8.54. The number of hydrogen-bond acceptors (Lipinski definition) is 4. The molecule has 2 heterocycles. The average molecular weight is 350 g/mol. The predicted molar refractivity (Wildman–Crippen MR) is 78.7 cm³/mol. The van der Waals surface area contributed by atoms with Crippen LogP contribution in [0, 0.1) is 6.92 Å². The lowest BCUT2D eigenvalue weighted by Crippen LogP contribution is -2.29. The molecule has 0 amide bonds. The summed E-state index contributed by atoms with van der Waals surface area (Å²) in [5, 5.41) is 7.01. The third-order valence-electron chi connectivity index (χ3n) is 2.84. The van der Waals surface area contributed by atoms with Gasteiger partial charge in [0.15, 0.2) is 0 Å². The quantitative estimate of drug-likeness (QED) is 0.659. The molecule has 0 spiro atoms. The molecule has 98 valence electrons. The highest BCUT2D eigenvalue weighted by Crippen LogP contribution is 2.32. The van der Waals surface area contributed by atoms with Gasteiger partial charge in [0.25, 0.3) is 0 Å². The van der Waals surface area contributed by atoms with E-state index in [9.17, 15) is 0 Å². The highest BCUT2D eigenvalue weighted by molar-refractivity contribution is 9.10. The Morgan fingerprint density at radius 3 is 2.83 bits per heavy atom. The molecule has 0 radical (unpaired) electrons. The topological polar surface area (TPSA) is 55.9 Å². The van der Waals surface area contributed by atoms with Crippen molar-refractivity contribution in [3.05, 3.63) is 37.2 Å². The first-order valence-electron chi connectivity index (χ1n) is 5.41. The molecule has 1 atom stereocenters. The Kier molecular flexibility index (Phi) is 4.45.